The molecule has 1 unspecified atom stereocenters. The maximum absolute atomic E-state index is 5.17. The minimum atomic E-state index is -0.308. The van der Waals surface area contributed by atoms with Gasteiger partial charge in [0.05, 0.1) is 16.7 Å². The summed E-state index contributed by atoms with van der Waals surface area (Å²) in [7, 11) is 0. The van der Waals surface area contributed by atoms with Gasteiger partial charge in [-0.05, 0) is 80.7 Å². The highest BCUT2D eigenvalue weighted by atomic mass is 15.2. The highest BCUT2D eigenvalue weighted by Crippen LogP contribution is 2.39. The van der Waals surface area contributed by atoms with Crippen LogP contribution in [0.25, 0.3) is 71.4 Å². The molecule has 0 saturated heterocycles. The normalized spacial score (nSPS) is 14.4. The number of hydrogen-bond acceptors (Lipinski definition) is 5. The van der Waals surface area contributed by atoms with E-state index in [1.807, 2.05) is 42.6 Å². The predicted octanol–water partition coefficient (Wildman–Crippen LogP) is 11.2. The SMILES string of the molecule is c1ccc(C2=NC(c3ccc4ccccc4c3)=NC(c3ccc(-c4ccc5c(c4)c4cc(-c6ccccn6)ccc4c4nc6ccccn6c54)cc3)N2)cc1. The zero-order valence-electron chi connectivity index (χ0n) is 29.6. The fourth-order valence-electron chi connectivity index (χ4n) is 7.94. The largest absolute Gasteiger partial charge is 0.344 e. The molecular formula is C49H32N6. The molecule has 4 heterocycles. The summed E-state index contributed by atoms with van der Waals surface area (Å²) < 4.78 is 2.20. The highest BCUT2D eigenvalue weighted by Gasteiger charge is 2.22. The Morgan fingerprint density at radius 2 is 1.24 bits per heavy atom. The molecule has 0 radical (unpaired) electrons. The molecule has 0 fully saturated rings. The van der Waals surface area contributed by atoms with Crippen molar-refractivity contribution in [2.24, 2.45) is 9.98 Å². The fraction of sp³-hybridized carbons (Fsp3) is 0.0204. The monoisotopic (exact) mass is 704 g/mol. The lowest BCUT2D eigenvalue weighted by Gasteiger charge is -2.24. The molecule has 258 valence electrons. The van der Waals surface area contributed by atoms with Crippen LogP contribution in [-0.2, 0) is 0 Å². The third kappa shape index (κ3) is 5.34. The Bertz CT molecular complexity index is 3160. The number of aliphatic imine (C=N–C) groups is 2. The average Bonchev–Trinajstić information content (AvgIpc) is 3.66. The Balaban J connectivity index is 1.02. The molecule has 6 heteroatoms. The van der Waals surface area contributed by atoms with Gasteiger partial charge in [-0.15, -0.1) is 0 Å². The predicted molar refractivity (Wildman–Crippen MR) is 226 cm³/mol. The van der Waals surface area contributed by atoms with E-state index in [0.717, 1.165) is 83.1 Å². The number of pyridine rings is 2. The van der Waals surface area contributed by atoms with Crippen LogP contribution in [0.2, 0.25) is 0 Å². The summed E-state index contributed by atoms with van der Waals surface area (Å²) in [5.41, 5.74) is 10.4. The summed E-state index contributed by atoms with van der Waals surface area (Å²) in [6.07, 6.45) is 3.64. The maximum atomic E-state index is 5.17. The number of amidine groups is 2. The van der Waals surface area contributed by atoms with Gasteiger partial charge in [0, 0.05) is 39.9 Å². The van der Waals surface area contributed by atoms with Crippen LogP contribution in [0.1, 0.15) is 22.9 Å². The molecule has 0 saturated carbocycles. The maximum Gasteiger partial charge on any atom is 0.159 e. The standard InChI is InChI=1S/C49H32N6/c1-2-11-33(12-3-1)47-52-48(54-49(53-47)38-21-18-31-10-4-5-13-35(31)28-38)34-19-16-32(17-20-34)36-22-25-40-42(29-36)41-30-37(43-14-6-8-26-50-43)23-24-39(41)45-46(40)55-27-9-7-15-44(55)51-45/h1-30,48H,(H,52,53,54). The minimum absolute atomic E-state index is 0.308. The van der Waals surface area contributed by atoms with Crippen LogP contribution in [0.15, 0.2) is 192 Å². The molecule has 0 bridgehead atoms. The Hall–Kier alpha value is -7.44. The van der Waals surface area contributed by atoms with Gasteiger partial charge in [0.2, 0.25) is 0 Å². The van der Waals surface area contributed by atoms with E-state index in [2.05, 4.69) is 154 Å². The van der Waals surface area contributed by atoms with E-state index in [1.54, 1.807) is 0 Å². The molecule has 11 rings (SSSR count). The first-order valence-corrected chi connectivity index (χ1v) is 18.5. The van der Waals surface area contributed by atoms with Crippen LogP contribution in [0.4, 0.5) is 0 Å². The van der Waals surface area contributed by atoms with Crippen molar-refractivity contribution in [1.29, 1.82) is 0 Å². The van der Waals surface area contributed by atoms with Crippen molar-refractivity contribution >= 4 is 60.7 Å². The zero-order valence-corrected chi connectivity index (χ0v) is 29.6. The van der Waals surface area contributed by atoms with Gasteiger partial charge in [-0.2, -0.15) is 0 Å². The van der Waals surface area contributed by atoms with Gasteiger partial charge in [-0.1, -0.05) is 127 Å². The van der Waals surface area contributed by atoms with E-state index in [0.29, 0.717) is 5.84 Å². The molecule has 1 aliphatic heterocycles. The van der Waals surface area contributed by atoms with Crippen LogP contribution in [-0.4, -0.2) is 26.0 Å². The van der Waals surface area contributed by atoms with Crippen molar-refractivity contribution in [3.63, 3.8) is 0 Å². The van der Waals surface area contributed by atoms with Gasteiger partial charge in [-0.25, -0.2) is 15.0 Å². The van der Waals surface area contributed by atoms with Crippen molar-refractivity contribution < 1.29 is 0 Å². The second kappa shape index (κ2) is 12.6. The van der Waals surface area contributed by atoms with Crippen LogP contribution in [0.3, 0.4) is 0 Å². The first kappa shape index (κ1) is 31.1. The lowest BCUT2D eigenvalue weighted by Crippen LogP contribution is -2.33. The summed E-state index contributed by atoms with van der Waals surface area (Å²) in [4.78, 5) is 20.0. The van der Waals surface area contributed by atoms with Crippen LogP contribution >= 0.6 is 0 Å². The van der Waals surface area contributed by atoms with Crippen molar-refractivity contribution in [3.8, 4) is 22.4 Å². The number of benzene rings is 7. The van der Waals surface area contributed by atoms with Crippen molar-refractivity contribution in [2.75, 3.05) is 0 Å². The second-order valence-electron chi connectivity index (χ2n) is 14.0. The lowest BCUT2D eigenvalue weighted by atomic mass is 9.94. The van der Waals surface area contributed by atoms with Crippen LogP contribution in [0, 0.1) is 0 Å². The highest BCUT2D eigenvalue weighted by molar-refractivity contribution is 6.25. The zero-order chi connectivity index (χ0) is 36.3. The van der Waals surface area contributed by atoms with E-state index in [-0.39, 0.29) is 6.17 Å². The number of rotatable bonds is 5. The lowest BCUT2D eigenvalue weighted by molar-refractivity contribution is 0.674. The molecule has 55 heavy (non-hydrogen) atoms. The van der Waals surface area contributed by atoms with Gasteiger partial charge in [0.25, 0.3) is 0 Å². The Labute approximate surface area is 316 Å². The Kier molecular flexibility index (Phi) is 7.13. The first-order chi connectivity index (χ1) is 27.2. The van der Waals surface area contributed by atoms with E-state index in [1.165, 1.54) is 10.8 Å². The molecule has 6 nitrogen and oxygen atoms in total. The number of aromatic nitrogens is 3. The third-order valence-corrected chi connectivity index (χ3v) is 10.7. The van der Waals surface area contributed by atoms with Gasteiger partial charge in [0.1, 0.15) is 17.6 Å². The van der Waals surface area contributed by atoms with Crippen LogP contribution < -0.4 is 5.32 Å². The van der Waals surface area contributed by atoms with Gasteiger partial charge < -0.3 is 5.32 Å². The number of nitrogens with one attached hydrogen (secondary N) is 1. The minimum Gasteiger partial charge on any atom is -0.344 e. The number of imidazole rings is 1. The van der Waals surface area contributed by atoms with E-state index in [4.69, 9.17) is 15.0 Å². The molecule has 1 aliphatic rings. The number of nitrogens with zero attached hydrogens (tertiary/aromatic N) is 5. The Morgan fingerprint density at radius 1 is 0.509 bits per heavy atom. The summed E-state index contributed by atoms with van der Waals surface area (Å²) in [5.74, 6) is 1.51. The molecule has 7 aromatic carbocycles. The molecule has 1 atom stereocenters. The van der Waals surface area contributed by atoms with Gasteiger partial charge >= 0.3 is 0 Å². The van der Waals surface area contributed by atoms with E-state index in [9.17, 15) is 0 Å². The molecule has 10 aromatic rings. The molecular weight excluding hydrogens is 673 g/mol. The number of hydrogen-bond donors (Lipinski definition) is 1. The molecule has 0 amide bonds. The molecule has 0 aliphatic carbocycles. The smallest absolute Gasteiger partial charge is 0.159 e. The first-order valence-electron chi connectivity index (χ1n) is 18.5. The summed E-state index contributed by atoms with van der Waals surface area (Å²) in [6.45, 7) is 0. The van der Waals surface area contributed by atoms with Crippen molar-refractivity contribution in [3.05, 3.63) is 199 Å². The Morgan fingerprint density at radius 3 is 2.11 bits per heavy atom. The second-order valence-corrected chi connectivity index (χ2v) is 14.0. The van der Waals surface area contributed by atoms with E-state index >= 15 is 0 Å². The van der Waals surface area contributed by atoms with Crippen molar-refractivity contribution in [2.45, 2.75) is 6.17 Å². The fourth-order valence-corrected chi connectivity index (χ4v) is 7.94. The summed E-state index contributed by atoms with van der Waals surface area (Å²) in [6, 6.07) is 59.5. The molecule has 3 aromatic heterocycles. The average molecular weight is 705 g/mol. The quantitative estimate of drug-likeness (QED) is 0.181. The van der Waals surface area contributed by atoms with Gasteiger partial charge in [0.15, 0.2) is 5.84 Å². The summed E-state index contributed by atoms with van der Waals surface area (Å²) in [5, 5.41) is 10.6. The number of fused-ring (bicyclic) bond motifs is 9. The third-order valence-electron chi connectivity index (χ3n) is 10.7. The van der Waals surface area contributed by atoms with E-state index < -0.39 is 0 Å². The van der Waals surface area contributed by atoms with Crippen LogP contribution in [0.5, 0.6) is 0 Å². The topological polar surface area (TPSA) is 66.9 Å². The molecule has 1 N–H and O–H groups in total. The van der Waals surface area contributed by atoms with Crippen molar-refractivity contribution in [1.82, 2.24) is 19.7 Å². The van der Waals surface area contributed by atoms with Gasteiger partial charge in [-0.3, -0.25) is 9.38 Å². The molecule has 0 spiro atoms. The summed E-state index contributed by atoms with van der Waals surface area (Å²) >= 11 is 0.